The van der Waals surface area contributed by atoms with E-state index < -0.39 is 0 Å². The lowest BCUT2D eigenvalue weighted by molar-refractivity contribution is 0.0893. The Kier molecular flexibility index (Phi) is 11.4. The molecule has 1 saturated heterocycles. The zero-order valence-electron chi connectivity index (χ0n) is 19.0. The van der Waals surface area contributed by atoms with E-state index in [4.69, 9.17) is 18.9 Å². The van der Waals surface area contributed by atoms with Crippen LogP contribution in [-0.2, 0) is 9.47 Å². The molecule has 7 heteroatoms. The summed E-state index contributed by atoms with van der Waals surface area (Å²) >= 11 is 0. The van der Waals surface area contributed by atoms with Crippen molar-refractivity contribution < 1.29 is 18.9 Å². The highest BCUT2D eigenvalue weighted by atomic mass is 16.5. The van der Waals surface area contributed by atoms with E-state index in [1.165, 1.54) is 0 Å². The van der Waals surface area contributed by atoms with Crippen molar-refractivity contribution in [2.45, 2.75) is 46.6 Å². The number of benzene rings is 1. The van der Waals surface area contributed by atoms with Crippen LogP contribution in [-0.4, -0.2) is 58.7 Å². The number of ether oxygens (including phenoxy) is 4. The lowest BCUT2D eigenvalue weighted by Crippen LogP contribution is -2.38. The Morgan fingerprint density at radius 2 is 2.00 bits per heavy atom. The van der Waals surface area contributed by atoms with Crippen molar-refractivity contribution in [3.05, 3.63) is 23.8 Å². The fourth-order valence-corrected chi connectivity index (χ4v) is 3.27. The molecule has 170 valence electrons. The third-order valence-corrected chi connectivity index (χ3v) is 4.86. The van der Waals surface area contributed by atoms with Crippen molar-refractivity contribution >= 4 is 5.96 Å². The minimum atomic E-state index is 0.0799. The van der Waals surface area contributed by atoms with Gasteiger partial charge in [-0.1, -0.05) is 6.07 Å². The summed E-state index contributed by atoms with van der Waals surface area (Å²) in [7, 11) is 0. The topological polar surface area (TPSA) is 73.3 Å². The summed E-state index contributed by atoms with van der Waals surface area (Å²) in [4.78, 5) is 4.69. The van der Waals surface area contributed by atoms with Gasteiger partial charge in [0.05, 0.1) is 32.5 Å². The maximum absolute atomic E-state index is 5.76. The van der Waals surface area contributed by atoms with E-state index in [0.717, 1.165) is 75.4 Å². The number of hydrogen-bond donors (Lipinski definition) is 2. The van der Waals surface area contributed by atoms with Crippen molar-refractivity contribution in [2.24, 2.45) is 10.9 Å². The van der Waals surface area contributed by atoms with Crippen LogP contribution in [0.3, 0.4) is 0 Å². The van der Waals surface area contributed by atoms with Crippen molar-refractivity contribution in [1.29, 1.82) is 0 Å². The first-order valence-corrected chi connectivity index (χ1v) is 11.3. The zero-order chi connectivity index (χ0) is 21.6. The summed E-state index contributed by atoms with van der Waals surface area (Å²) in [6.07, 6.45) is 2.01. The maximum Gasteiger partial charge on any atom is 0.191 e. The van der Waals surface area contributed by atoms with Gasteiger partial charge < -0.3 is 29.6 Å². The summed E-state index contributed by atoms with van der Waals surface area (Å²) in [5.74, 6) is 2.92. The molecule has 1 aromatic carbocycles. The van der Waals surface area contributed by atoms with Crippen molar-refractivity contribution in [2.75, 3.05) is 52.7 Å². The van der Waals surface area contributed by atoms with Crippen LogP contribution in [0.5, 0.6) is 11.5 Å². The SMILES string of the molecule is CCNC(=NCCCOCC1CCOC1)NC(C)c1ccc(OCC)c(OCC)c1. The molecule has 0 amide bonds. The first-order valence-electron chi connectivity index (χ1n) is 11.3. The Morgan fingerprint density at radius 1 is 1.20 bits per heavy atom. The summed E-state index contributed by atoms with van der Waals surface area (Å²) < 4.78 is 22.5. The van der Waals surface area contributed by atoms with Gasteiger partial charge in [-0.2, -0.15) is 0 Å². The summed E-state index contributed by atoms with van der Waals surface area (Å²) in [6, 6.07) is 6.15. The third kappa shape index (κ3) is 8.40. The predicted molar refractivity (Wildman–Crippen MR) is 121 cm³/mol. The molecule has 2 rings (SSSR count). The Hall–Kier alpha value is -1.99. The lowest BCUT2D eigenvalue weighted by atomic mass is 10.1. The van der Waals surface area contributed by atoms with E-state index in [1.807, 2.05) is 26.0 Å². The third-order valence-electron chi connectivity index (χ3n) is 4.86. The second-order valence-corrected chi connectivity index (χ2v) is 7.36. The highest BCUT2D eigenvalue weighted by Gasteiger charge is 2.15. The second-order valence-electron chi connectivity index (χ2n) is 7.36. The first kappa shape index (κ1) is 24.3. The molecule has 0 spiro atoms. The molecule has 0 aromatic heterocycles. The van der Waals surface area contributed by atoms with Gasteiger partial charge in [0, 0.05) is 32.2 Å². The summed E-state index contributed by atoms with van der Waals surface area (Å²) in [5.41, 5.74) is 1.12. The molecule has 0 saturated carbocycles. The van der Waals surface area contributed by atoms with Crippen LogP contribution in [0.1, 0.15) is 52.1 Å². The van der Waals surface area contributed by atoms with E-state index in [9.17, 15) is 0 Å². The number of nitrogens with one attached hydrogen (secondary N) is 2. The van der Waals surface area contributed by atoms with Crippen molar-refractivity contribution in [3.8, 4) is 11.5 Å². The van der Waals surface area contributed by atoms with E-state index in [1.54, 1.807) is 0 Å². The first-order chi connectivity index (χ1) is 14.7. The average Bonchev–Trinajstić information content (AvgIpc) is 3.25. The molecular weight excluding hydrogens is 382 g/mol. The molecule has 2 unspecified atom stereocenters. The normalized spacial score (nSPS) is 17.6. The number of rotatable bonds is 13. The minimum absolute atomic E-state index is 0.0799. The molecule has 2 atom stereocenters. The Bertz CT molecular complexity index is 633. The molecule has 2 N–H and O–H groups in total. The molecule has 0 bridgehead atoms. The van der Waals surface area contributed by atoms with E-state index in [2.05, 4.69) is 35.5 Å². The van der Waals surface area contributed by atoms with Gasteiger partial charge in [-0.05, 0) is 58.2 Å². The fourth-order valence-electron chi connectivity index (χ4n) is 3.27. The molecule has 1 aliphatic heterocycles. The summed E-state index contributed by atoms with van der Waals surface area (Å²) in [5, 5.41) is 6.79. The molecule has 0 radical (unpaired) electrons. The van der Waals surface area contributed by atoms with E-state index in [0.29, 0.717) is 19.1 Å². The van der Waals surface area contributed by atoms with E-state index >= 15 is 0 Å². The van der Waals surface area contributed by atoms with Gasteiger partial charge in [0.25, 0.3) is 0 Å². The standard InChI is InChI=1S/C23H39N3O4/c1-5-24-23(25-12-8-13-27-16-19-11-14-28-17-19)26-18(4)20-9-10-21(29-6-2)22(15-20)30-7-3/h9-10,15,18-19H,5-8,11-14,16-17H2,1-4H3,(H2,24,25,26). The fraction of sp³-hybridized carbons (Fsp3) is 0.696. The van der Waals surface area contributed by atoms with Crippen molar-refractivity contribution in [1.82, 2.24) is 10.6 Å². The van der Waals surface area contributed by atoms with Crippen LogP contribution in [0.15, 0.2) is 23.2 Å². The van der Waals surface area contributed by atoms with Gasteiger partial charge in [0.1, 0.15) is 0 Å². The number of aliphatic imine (C=N–C) groups is 1. The second kappa shape index (κ2) is 14.1. The molecule has 1 fully saturated rings. The molecule has 1 heterocycles. The van der Waals surface area contributed by atoms with Crippen molar-refractivity contribution in [3.63, 3.8) is 0 Å². The largest absolute Gasteiger partial charge is 0.490 e. The number of nitrogens with zero attached hydrogens (tertiary/aromatic N) is 1. The highest BCUT2D eigenvalue weighted by molar-refractivity contribution is 5.80. The summed E-state index contributed by atoms with van der Waals surface area (Å²) in [6.45, 7) is 14.1. The number of guanidine groups is 1. The van der Waals surface area contributed by atoms with Gasteiger partial charge in [-0.25, -0.2) is 0 Å². The highest BCUT2D eigenvalue weighted by Crippen LogP contribution is 2.30. The van der Waals surface area contributed by atoms with Gasteiger partial charge in [-0.15, -0.1) is 0 Å². The quantitative estimate of drug-likeness (QED) is 0.288. The zero-order valence-corrected chi connectivity index (χ0v) is 19.0. The Morgan fingerprint density at radius 3 is 2.70 bits per heavy atom. The van der Waals surface area contributed by atoms with Crippen LogP contribution in [0.25, 0.3) is 0 Å². The average molecular weight is 422 g/mol. The van der Waals surface area contributed by atoms with Crippen LogP contribution >= 0.6 is 0 Å². The molecule has 30 heavy (non-hydrogen) atoms. The number of hydrogen-bond acceptors (Lipinski definition) is 5. The Balaban J connectivity index is 1.84. The van der Waals surface area contributed by atoms with Crippen LogP contribution in [0.2, 0.25) is 0 Å². The van der Waals surface area contributed by atoms with E-state index in [-0.39, 0.29) is 6.04 Å². The monoisotopic (exact) mass is 421 g/mol. The maximum atomic E-state index is 5.76. The van der Waals surface area contributed by atoms with Crippen LogP contribution in [0.4, 0.5) is 0 Å². The van der Waals surface area contributed by atoms with Gasteiger partial charge in [-0.3, -0.25) is 4.99 Å². The molecular formula is C23H39N3O4. The lowest BCUT2D eigenvalue weighted by Gasteiger charge is -2.20. The van der Waals surface area contributed by atoms with Crippen LogP contribution < -0.4 is 20.1 Å². The van der Waals surface area contributed by atoms with Gasteiger partial charge >= 0.3 is 0 Å². The van der Waals surface area contributed by atoms with Gasteiger partial charge in [0.15, 0.2) is 17.5 Å². The smallest absolute Gasteiger partial charge is 0.191 e. The Labute approximate surface area is 181 Å². The minimum Gasteiger partial charge on any atom is -0.490 e. The predicted octanol–water partition coefficient (Wildman–Crippen LogP) is 3.54. The molecule has 7 nitrogen and oxygen atoms in total. The molecule has 1 aromatic rings. The van der Waals surface area contributed by atoms with Gasteiger partial charge in [0.2, 0.25) is 0 Å². The molecule has 0 aliphatic carbocycles. The van der Waals surface area contributed by atoms with Crippen LogP contribution in [0, 0.1) is 5.92 Å². The molecule has 1 aliphatic rings.